The molecule has 1 aromatic rings. The number of anilines is 2. The first kappa shape index (κ1) is 18.6. The molecule has 3 heterocycles. The lowest BCUT2D eigenvalue weighted by Crippen LogP contribution is -2.40. The van der Waals surface area contributed by atoms with E-state index in [4.69, 9.17) is 4.98 Å². The highest BCUT2D eigenvalue weighted by Crippen LogP contribution is 2.34. The third kappa shape index (κ3) is 4.22. The molecule has 2 N–H and O–H groups in total. The Labute approximate surface area is 163 Å². The standard InChI is InChI=1S/C22H34N4O/c1-22(2)11-8-12-26(15-22)18-13-16-14-23-21(27)19(16)20(25-18)24-17-9-6-4-3-5-7-10-17/h13,17H,3-12,14-15H2,1-2H3,(H,23,27)(H,24,25). The summed E-state index contributed by atoms with van der Waals surface area (Å²) < 4.78 is 0. The van der Waals surface area contributed by atoms with Crippen LogP contribution in [-0.4, -0.2) is 30.0 Å². The lowest BCUT2D eigenvalue weighted by atomic mass is 9.84. The van der Waals surface area contributed by atoms with E-state index in [1.54, 1.807) is 0 Å². The van der Waals surface area contributed by atoms with Crippen molar-refractivity contribution < 1.29 is 4.79 Å². The van der Waals surface area contributed by atoms with Gasteiger partial charge in [-0.15, -0.1) is 0 Å². The molecule has 0 bridgehead atoms. The molecule has 2 aliphatic heterocycles. The molecule has 0 aromatic carbocycles. The zero-order valence-electron chi connectivity index (χ0n) is 16.9. The second-order valence-electron chi connectivity index (χ2n) is 9.42. The Morgan fingerprint density at radius 1 is 1.15 bits per heavy atom. The fourth-order valence-electron chi connectivity index (χ4n) is 4.92. The first-order valence-electron chi connectivity index (χ1n) is 10.9. The molecule has 0 radical (unpaired) electrons. The summed E-state index contributed by atoms with van der Waals surface area (Å²) in [5.74, 6) is 1.87. The van der Waals surface area contributed by atoms with E-state index in [1.807, 2.05) is 0 Å². The van der Waals surface area contributed by atoms with Crippen molar-refractivity contribution in [1.82, 2.24) is 10.3 Å². The number of nitrogens with zero attached hydrogens (tertiary/aromatic N) is 2. The summed E-state index contributed by atoms with van der Waals surface area (Å²) in [6.07, 6.45) is 11.4. The van der Waals surface area contributed by atoms with Crippen LogP contribution in [-0.2, 0) is 6.54 Å². The third-order valence-corrected chi connectivity index (χ3v) is 6.42. The van der Waals surface area contributed by atoms with E-state index in [-0.39, 0.29) is 5.91 Å². The smallest absolute Gasteiger partial charge is 0.255 e. The van der Waals surface area contributed by atoms with E-state index in [9.17, 15) is 4.79 Å². The van der Waals surface area contributed by atoms with Crippen molar-refractivity contribution in [3.05, 3.63) is 17.2 Å². The number of nitrogens with one attached hydrogen (secondary N) is 2. The zero-order chi connectivity index (χ0) is 18.9. The minimum atomic E-state index is 0.0244. The van der Waals surface area contributed by atoms with E-state index >= 15 is 0 Å². The van der Waals surface area contributed by atoms with Gasteiger partial charge in [0, 0.05) is 25.7 Å². The monoisotopic (exact) mass is 370 g/mol. The number of carbonyl (C=O) groups excluding carboxylic acids is 1. The van der Waals surface area contributed by atoms with Gasteiger partial charge in [0.1, 0.15) is 11.6 Å². The highest BCUT2D eigenvalue weighted by molar-refractivity contribution is 6.03. The summed E-state index contributed by atoms with van der Waals surface area (Å²) in [6.45, 7) is 7.39. The van der Waals surface area contributed by atoms with Crippen molar-refractivity contribution >= 4 is 17.5 Å². The molecule has 4 rings (SSSR count). The molecule has 1 saturated heterocycles. The minimum absolute atomic E-state index is 0.0244. The van der Waals surface area contributed by atoms with E-state index < -0.39 is 0 Å². The van der Waals surface area contributed by atoms with Gasteiger partial charge in [0.2, 0.25) is 0 Å². The summed E-state index contributed by atoms with van der Waals surface area (Å²) in [7, 11) is 0. The molecule has 148 valence electrons. The lowest BCUT2D eigenvalue weighted by Gasteiger charge is -2.39. The van der Waals surface area contributed by atoms with Crippen molar-refractivity contribution in [2.45, 2.75) is 84.2 Å². The highest BCUT2D eigenvalue weighted by Gasteiger charge is 2.31. The van der Waals surface area contributed by atoms with Gasteiger partial charge < -0.3 is 15.5 Å². The van der Waals surface area contributed by atoms with Gasteiger partial charge in [0.15, 0.2) is 0 Å². The van der Waals surface area contributed by atoms with Gasteiger partial charge in [-0.25, -0.2) is 4.98 Å². The van der Waals surface area contributed by atoms with Crippen LogP contribution in [0.3, 0.4) is 0 Å². The van der Waals surface area contributed by atoms with Gasteiger partial charge in [-0.05, 0) is 42.7 Å². The predicted octanol–water partition coefficient (Wildman–Crippen LogP) is 4.48. The zero-order valence-corrected chi connectivity index (χ0v) is 16.9. The second-order valence-corrected chi connectivity index (χ2v) is 9.42. The van der Waals surface area contributed by atoms with Crippen molar-refractivity contribution in [2.24, 2.45) is 5.41 Å². The van der Waals surface area contributed by atoms with Gasteiger partial charge in [-0.2, -0.15) is 0 Å². The maximum absolute atomic E-state index is 12.4. The molecule has 0 atom stereocenters. The number of fused-ring (bicyclic) bond motifs is 1. The summed E-state index contributed by atoms with van der Waals surface area (Å²) in [5, 5.41) is 6.67. The Kier molecular flexibility index (Phi) is 5.29. The van der Waals surface area contributed by atoms with Crippen molar-refractivity contribution in [2.75, 3.05) is 23.3 Å². The molecular weight excluding hydrogens is 336 g/mol. The first-order chi connectivity index (χ1) is 13.0. The largest absolute Gasteiger partial charge is 0.367 e. The number of amides is 1. The molecule has 1 aliphatic carbocycles. The number of hydrogen-bond donors (Lipinski definition) is 2. The summed E-state index contributed by atoms with van der Waals surface area (Å²) in [4.78, 5) is 19.8. The van der Waals surface area contributed by atoms with Crippen LogP contribution in [0.2, 0.25) is 0 Å². The van der Waals surface area contributed by atoms with Gasteiger partial charge in [0.25, 0.3) is 5.91 Å². The molecule has 5 heteroatoms. The average molecular weight is 371 g/mol. The molecule has 5 nitrogen and oxygen atoms in total. The molecule has 1 saturated carbocycles. The number of piperidine rings is 1. The molecular formula is C22H34N4O. The Bertz CT molecular complexity index is 692. The van der Waals surface area contributed by atoms with Gasteiger partial charge in [-0.3, -0.25) is 4.79 Å². The molecule has 1 aromatic heterocycles. The van der Waals surface area contributed by atoms with Crippen LogP contribution in [0.25, 0.3) is 0 Å². The normalized spacial score (nSPS) is 23.3. The van der Waals surface area contributed by atoms with Gasteiger partial charge >= 0.3 is 0 Å². The third-order valence-electron chi connectivity index (χ3n) is 6.42. The molecule has 0 unspecified atom stereocenters. The van der Waals surface area contributed by atoms with Crippen LogP contribution in [0.5, 0.6) is 0 Å². The maximum Gasteiger partial charge on any atom is 0.255 e. The van der Waals surface area contributed by atoms with Crippen LogP contribution in [0.15, 0.2) is 6.07 Å². The number of aromatic nitrogens is 1. The van der Waals surface area contributed by atoms with Crippen LogP contribution in [0.4, 0.5) is 11.6 Å². The molecule has 2 fully saturated rings. The molecule has 1 amide bonds. The van der Waals surface area contributed by atoms with Crippen LogP contribution >= 0.6 is 0 Å². The number of carbonyl (C=O) groups is 1. The number of rotatable bonds is 3. The SMILES string of the molecule is CC1(C)CCCN(c2cc3c(c(NC4CCCCCCC4)n2)C(=O)NC3)C1. The van der Waals surface area contributed by atoms with Crippen molar-refractivity contribution in [3.8, 4) is 0 Å². The summed E-state index contributed by atoms with van der Waals surface area (Å²) >= 11 is 0. The van der Waals surface area contributed by atoms with Crippen LogP contribution < -0.4 is 15.5 Å². The van der Waals surface area contributed by atoms with Gasteiger partial charge in [0.05, 0.1) is 5.56 Å². The number of pyridine rings is 1. The first-order valence-corrected chi connectivity index (χ1v) is 10.9. The Balaban J connectivity index is 1.61. The second kappa shape index (κ2) is 7.69. The molecule has 27 heavy (non-hydrogen) atoms. The van der Waals surface area contributed by atoms with Crippen LogP contribution in [0, 0.1) is 5.41 Å². The fraction of sp³-hybridized carbons (Fsp3) is 0.727. The van der Waals surface area contributed by atoms with Crippen molar-refractivity contribution in [3.63, 3.8) is 0 Å². The Morgan fingerprint density at radius 3 is 2.63 bits per heavy atom. The van der Waals surface area contributed by atoms with E-state index in [0.717, 1.165) is 35.9 Å². The van der Waals surface area contributed by atoms with E-state index in [2.05, 4.69) is 35.4 Å². The minimum Gasteiger partial charge on any atom is -0.367 e. The summed E-state index contributed by atoms with van der Waals surface area (Å²) in [5.41, 5.74) is 2.19. The Hall–Kier alpha value is -1.78. The van der Waals surface area contributed by atoms with Crippen molar-refractivity contribution in [1.29, 1.82) is 0 Å². The van der Waals surface area contributed by atoms with E-state index in [0.29, 0.717) is 18.0 Å². The average Bonchev–Trinajstić information content (AvgIpc) is 2.97. The topological polar surface area (TPSA) is 57.3 Å². The van der Waals surface area contributed by atoms with E-state index in [1.165, 1.54) is 57.8 Å². The predicted molar refractivity (Wildman–Crippen MR) is 110 cm³/mol. The molecule has 0 spiro atoms. The fourth-order valence-corrected chi connectivity index (χ4v) is 4.92. The quantitative estimate of drug-likeness (QED) is 0.824. The Morgan fingerprint density at radius 2 is 1.89 bits per heavy atom. The highest BCUT2D eigenvalue weighted by atomic mass is 16.1. The lowest BCUT2D eigenvalue weighted by molar-refractivity contribution is 0.0966. The maximum atomic E-state index is 12.4. The van der Waals surface area contributed by atoms with Gasteiger partial charge in [-0.1, -0.05) is 46.0 Å². The molecule has 3 aliphatic rings. The summed E-state index contributed by atoms with van der Waals surface area (Å²) in [6, 6.07) is 2.57. The van der Waals surface area contributed by atoms with Crippen LogP contribution in [0.1, 0.15) is 87.6 Å². The number of hydrogen-bond acceptors (Lipinski definition) is 4.